The predicted molar refractivity (Wildman–Crippen MR) is 48.9 cm³/mol. The van der Waals surface area contributed by atoms with Gasteiger partial charge in [-0.15, -0.1) is 0 Å². The second-order valence-corrected chi connectivity index (χ2v) is 3.29. The maximum atomic E-state index is 12.5. The number of ether oxygens (including phenoxy) is 2. The van der Waals surface area contributed by atoms with Gasteiger partial charge in [-0.2, -0.15) is 0 Å². The maximum Gasteiger partial charge on any atom is 0.307 e. The normalized spacial score (nSPS) is 13.2. The Morgan fingerprint density at radius 3 is 2.81 bits per heavy atom. The van der Waals surface area contributed by atoms with E-state index in [1.165, 1.54) is 6.07 Å². The van der Waals surface area contributed by atoms with Crippen LogP contribution in [0.5, 0.6) is 11.5 Å². The summed E-state index contributed by atoms with van der Waals surface area (Å²) in [4.78, 5) is 10.6. The lowest BCUT2D eigenvalue weighted by molar-refractivity contribution is -0.136. The number of alkyl halides is 2. The zero-order valence-corrected chi connectivity index (χ0v) is 8.07. The van der Waals surface area contributed by atoms with E-state index in [4.69, 9.17) is 14.6 Å². The van der Waals surface area contributed by atoms with Gasteiger partial charge < -0.3 is 14.6 Å². The molecular weight excluding hydrogens is 222 g/mol. The topological polar surface area (TPSA) is 55.8 Å². The molecule has 0 saturated carbocycles. The number of hydrogen-bond acceptors (Lipinski definition) is 3. The first-order valence-electron chi connectivity index (χ1n) is 4.50. The summed E-state index contributed by atoms with van der Waals surface area (Å²) >= 11 is 0. The summed E-state index contributed by atoms with van der Waals surface area (Å²) in [5.74, 6) is -0.690. The van der Waals surface area contributed by atoms with E-state index in [9.17, 15) is 13.6 Å². The van der Waals surface area contributed by atoms with Gasteiger partial charge in [0.2, 0.25) is 6.79 Å². The van der Waals surface area contributed by atoms with E-state index in [2.05, 4.69) is 0 Å². The Morgan fingerprint density at radius 2 is 2.19 bits per heavy atom. The molecule has 0 aromatic heterocycles. The quantitative estimate of drug-likeness (QED) is 0.862. The van der Waals surface area contributed by atoms with Crippen molar-refractivity contribution >= 4 is 5.97 Å². The minimum atomic E-state index is -2.66. The van der Waals surface area contributed by atoms with E-state index < -0.39 is 12.4 Å². The van der Waals surface area contributed by atoms with E-state index >= 15 is 0 Å². The Hall–Kier alpha value is -1.85. The average molecular weight is 230 g/mol. The van der Waals surface area contributed by atoms with Crippen LogP contribution in [0, 0.1) is 0 Å². The Bertz CT molecular complexity index is 431. The number of halogens is 2. The van der Waals surface area contributed by atoms with Crippen molar-refractivity contribution in [3.63, 3.8) is 0 Å². The smallest absolute Gasteiger partial charge is 0.307 e. The number of fused-ring (bicyclic) bond motifs is 1. The zero-order valence-electron chi connectivity index (χ0n) is 8.07. The van der Waals surface area contributed by atoms with Crippen LogP contribution in [0.4, 0.5) is 8.78 Å². The Labute approximate surface area is 89.4 Å². The molecule has 1 N–H and O–H groups in total. The fraction of sp³-hybridized carbons (Fsp3) is 0.300. The summed E-state index contributed by atoms with van der Waals surface area (Å²) in [5.41, 5.74) is -0.0571. The number of rotatable bonds is 3. The van der Waals surface area contributed by atoms with Crippen molar-refractivity contribution in [2.75, 3.05) is 6.79 Å². The van der Waals surface area contributed by atoms with E-state index in [1.807, 2.05) is 0 Å². The molecule has 1 aromatic carbocycles. The molecular formula is C10H8F2O4. The number of carboxylic acids is 1. The number of hydrogen-bond donors (Lipinski definition) is 1. The highest BCUT2D eigenvalue weighted by molar-refractivity contribution is 5.72. The molecule has 1 aliphatic heterocycles. The second-order valence-electron chi connectivity index (χ2n) is 3.29. The molecule has 0 radical (unpaired) electrons. The lowest BCUT2D eigenvalue weighted by Gasteiger charge is -2.07. The van der Waals surface area contributed by atoms with Crippen molar-refractivity contribution in [1.82, 2.24) is 0 Å². The molecule has 0 fully saturated rings. The lowest BCUT2D eigenvalue weighted by atomic mass is 10.1. The molecule has 0 bridgehead atoms. The molecule has 0 saturated heterocycles. The zero-order chi connectivity index (χ0) is 11.7. The second kappa shape index (κ2) is 3.96. The first kappa shape index (κ1) is 10.7. The van der Waals surface area contributed by atoms with Gasteiger partial charge in [-0.25, -0.2) is 8.78 Å². The maximum absolute atomic E-state index is 12.5. The van der Waals surface area contributed by atoms with Crippen molar-refractivity contribution < 1.29 is 28.2 Å². The lowest BCUT2D eigenvalue weighted by Crippen LogP contribution is -2.02. The van der Waals surface area contributed by atoms with Gasteiger partial charge in [-0.3, -0.25) is 4.79 Å². The van der Waals surface area contributed by atoms with Gasteiger partial charge in [0.05, 0.1) is 6.42 Å². The average Bonchev–Trinajstić information content (AvgIpc) is 2.64. The summed E-state index contributed by atoms with van der Waals surface area (Å²) in [6, 6.07) is 2.30. The molecule has 1 aromatic rings. The van der Waals surface area contributed by atoms with E-state index in [0.717, 1.165) is 6.07 Å². The number of benzene rings is 1. The molecule has 0 spiro atoms. The Kier molecular flexibility index (Phi) is 2.64. The van der Waals surface area contributed by atoms with Crippen LogP contribution in [-0.2, 0) is 11.2 Å². The van der Waals surface area contributed by atoms with E-state index in [0.29, 0.717) is 0 Å². The molecule has 0 amide bonds. The number of carboxylic acid groups (broad SMARTS) is 1. The molecule has 1 heterocycles. The fourth-order valence-electron chi connectivity index (χ4n) is 1.53. The van der Waals surface area contributed by atoms with Gasteiger partial charge in [0.1, 0.15) is 0 Å². The molecule has 6 heteroatoms. The molecule has 16 heavy (non-hydrogen) atoms. The highest BCUT2D eigenvalue weighted by atomic mass is 19.3. The van der Waals surface area contributed by atoms with Crippen LogP contribution in [-0.4, -0.2) is 17.9 Å². The third-order valence-electron chi connectivity index (χ3n) is 2.17. The standard InChI is InChI=1S/C10H8F2O4/c11-10(12)6-1-5(3-8(13)14)9-7(2-6)15-4-16-9/h1-2,10H,3-4H2,(H,13,14). The minimum Gasteiger partial charge on any atom is -0.481 e. The van der Waals surface area contributed by atoms with E-state index in [-0.39, 0.29) is 35.8 Å². The third-order valence-corrected chi connectivity index (χ3v) is 2.17. The van der Waals surface area contributed by atoms with Crippen LogP contribution in [0.15, 0.2) is 12.1 Å². The first-order valence-corrected chi connectivity index (χ1v) is 4.50. The summed E-state index contributed by atoms with van der Waals surface area (Å²) < 4.78 is 35.0. The molecule has 86 valence electrons. The van der Waals surface area contributed by atoms with Gasteiger partial charge in [0.15, 0.2) is 11.5 Å². The monoisotopic (exact) mass is 230 g/mol. The van der Waals surface area contributed by atoms with Gasteiger partial charge in [0.25, 0.3) is 6.43 Å². The van der Waals surface area contributed by atoms with Gasteiger partial charge in [-0.05, 0) is 12.1 Å². The summed E-state index contributed by atoms with van der Waals surface area (Å²) in [7, 11) is 0. The largest absolute Gasteiger partial charge is 0.481 e. The van der Waals surface area contributed by atoms with Gasteiger partial charge >= 0.3 is 5.97 Å². The Morgan fingerprint density at radius 1 is 1.44 bits per heavy atom. The number of aliphatic carboxylic acids is 1. The van der Waals surface area contributed by atoms with Crippen LogP contribution in [0.25, 0.3) is 0 Å². The van der Waals surface area contributed by atoms with Gasteiger partial charge in [0, 0.05) is 11.1 Å². The van der Waals surface area contributed by atoms with Crippen molar-refractivity contribution in [1.29, 1.82) is 0 Å². The summed E-state index contributed by atoms with van der Waals surface area (Å²) in [6.07, 6.45) is -3.03. The van der Waals surface area contributed by atoms with Crippen molar-refractivity contribution in [3.8, 4) is 11.5 Å². The minimum absolute atomic E-state index is 0.0748. The van der Waals surface area contributed by atoms with Crippen LogP contribution in [0.2, 0.25) is 0 Å². The summed E-state index contributed by atoms with van der Waals surface area (Å²) in [6.45, 7) is -0.0748. The van der Waals surface area contributed by atoms with Crippen molar-refractivity contribution in [2.24, 2.45) is 0 Å². The molecule has 2 rings (SSSR count). The fourth-order valence-corrected chi connectivity index (χ4v) is 1.53. The first-order chi connectivity index (χ1) is 7.58. The highest BCUT2D eigenvalue weighted by Crippen LogP contribution is 2.39. The number of carbonyl (C=O) groups is 1. The molecule has 0 atom stereocenters. The Balaban J connectivity index is 2.45. The van der Waals surface area contributed by atoms with Crippen LogP contribution in [0.3, 0.4) is 0 Å². The molecule has 4 nitrogen and oxygen atoms in total. The van der Waals surface area contributed by atoms with Crippen LogP contribution >= 0.6 is 0 Å². The van der Waals surface area contributed by atoms with Crippen LogP contribution in [0.1, 0.15) is 17.6 Å². The SMILES string of the molecule is O=C(O)Cc1cc(C(F)F)cc2c1OCO2. The predicted octanol–water partition coefficient (Wildman–Crippen LogP) is 1.98. The molecule has 0 unspecified atom stereocenters. The van der Waals surface area contributed by atoms with Gasteiger partial charge in [-0.1, -0.05) is 0 Å². The third kappa shape index (κ3) is 1.91. The summed E-state index contributed by atoms with van der Waals surface area (Å²) in [5, 5.41) is 8.64. The highest BCUT2D eigenvalue weighted by Gasteiger charge is 2.23. The van der Waals surface area contributed by atoms with Crippen molar-refractivity contribution in [3.05, 3.63) is 23.3 Å². The van der Waals surface area contributed by atoms with Crippen LogP contribution < -0.4 is 9.47 Å². The van der Waals surface area contributed by atoms with E-state index in [1.54, 1.807) is 0 Å². The molecule has 1 aliphatic rings. The molecule has 0 aliphatic carbocycles. The van der Waals surface area contributed by atoms with Crippen molar-refractivity contribution in [2.45, 2.75) is 12.8 Å².